The molecule has 0 fully saturated rings. The molecule has 0 saturated carbocycles. The first-order chi connectivity index (χ1) is 25.2. The lowest BCUT2D eigenvalue weighted by Crippen LogP contribution is -2.29. The molecule has 0 aromatic heterocycles. The van der Waals surface area contributed by atoms with Gasteiger partial charge in [0.25, 0.3) is 0 Å². The van der Waals surface area contributed by atoms with Crippen molar-refractivity contribution in [3.63, 3.8) is 0 Å². The lowest BCUT2D eigenvalue weighted by molar-refractivity contribution is -0.161. The first-order valence-electron chi connectivity index (χ1n) is 19.2. The molecule has 10 nitrogen and oxygen atoms in total. The van der Waals surface area contributed by atoms with Crippen LogP contribution in [0.3, 0.4) is 0 Å². The molecule has 0 amide bonds. The summed E-state index contributed by atoms with van der Waals surface area (Å²) >= 11 is 0. The summed E-state index contributed by atoms with van der Waals surface area (Å²) in [6, 6.07) is 0. The van der Waals surface area contributed by atoms with Gasteiger partial charge in [-0.2, -0.15) is 0 Å². The molecule has 2 unspecified atom stereocenters. The van der Waals surface area contributed by atoms with Crippen molar-refractivity contribution in [3.05, 3.63) is 85.1 Å². The zero-order valence-electron chi connectivity index (χ0n) is 31.9. The van der Waals surface area contributed by atoms with Crippen LogP contribution in [0.1, 0.15) is 123 Å². The molecule has 0 aliphatic carbocycles. The SMILES string of the molecule is CC/C=C\CC(O)/C=C/C=C/C/C=C\C/C=C\C/C=C\CCC(=O)O[C@H](COC(=O)CCCCCCC/C=C\CCCC)COP(=O)(O)OCCN. The van der Waals surface area contributed by atoms with Crippen molar-refractivity contribution in [2.24, 2.45) is 5.73 Å². The van der Waals surface area contributed by atoms with Gasteiger partial charge in [0.15, 0.2) is 6.10 Å². The van der Waals surface area contributed by atoms with Crippen LogP contribution in [0.25, 0.3) is 0 Å². The van der Waals surface area contributed by atoms with E-state index >= 15 is 0 Å². The van der Waals surface area contributed by atoms with Gasteiger partial charge in [0.2, 0.25) is 0 Å². The Morgan fingerprint density at radius 1 is 0.692 bits per heavy atom. The van der Waals surface area contributed by atoms with Gasteiger partial charge in [0, 0.05) is 19.4 Å². The van der Waals surface area contributed by atoms with Gasteiger partial charge >= 0.3 is 19.8 Å². The third kappa shape index (κ3) is 35.5. The van der Waals surface area contributed by atoms with E-state index in [0.717, 1.165) is 64.2 Å². The normalized spacial score (nSPS) is 14.9. The second kappa shape index (κ2) is 36.5. The predicted molar refractivity (Wildman–Crippen MR) is 211 cm³/mol. The van der Waals surface area contributed by atoms with E-state index in [1.807, 2.05) is 48.6 Å². The van der Waals surface area contributed by atoms with Crippen LogP contribution in [0.2, 0.25) is 0 Å². The molecule has 0 bridgehead atoms. The molecule has 296 valence electrons. The summed E-state index contributed by atoms with van der Waals surface area (Å²) in [5.74, 6) is -0.971. The van der Waals surface area contributed by atoms with Crippen molar-refractivity contribution in [2.45, 2.75) is 135 Å². The molecule has 0 aromatic carbocycles. The van der Waals surface area contributed by atoms with Gasteiger partial charge in [0.1, 0.15) is 6.61 Å². The van der Waals surface area contributed by atoms with Crippen LogP contribution in [0, 0.1) is 0 Å². The molecule has 4 N–H and O–H groups in total. The van der Waals surface area contributed by atoms with Crippen molar-refractivity contribution in [3.8, 4) is 0 Å². The summed E-state index contributed by atoms with van der Waals surface area (Å²) in [5.41, 5.74) is 5.32. The van der Waals surface area contributed by atoms with Crippen LogP contribution >= 0.6 is 7.82 Å². The van der Waals surface area contributed by atoms with E-state index in [4.69, 9.17) is 24.3 Å². The van der Waals surface area contributed by atoms with Gasteiger partial charge in [-0.05, 0) is 64.2 Å². The second-order valence-corrected chi connectivity index (χ2v) is 13.7. The summed E-state index contributed by atoms with van der Waals surface area (Å²) in [4.78, 5) is 34.6. The fraction of sp³-hybridized carbons (Fsp3) is 0.610. The van der Waals surface area contributed by atoms with E-state index in [-0.39, 0.29) is 32.6 Å². The predicted octanol–water partition coefficient (Wildman–Crippen LogP) is 9.46. The number of ether oxygens (including phenoxy) is 2. The smallest absolute Gasteiger partial charge is 0.462 e. The number of allylic oxidation sites excluding steroid dienone is 12. The number of hydrogen-bond acceptors (Lipinski definition) is 9. The highest BCUT2D eigenvalue weighted by atomic mass is 31.2. The topological polar surface area (TPSA) is 155 Å². The molecule has 0 spiro atoms. The minimum Gasteiger partial charge on any atom is -0.462 e. The van der Waals surface area contributed by atoms with E-state index in [1.54, 1.807) is 6.08 Å². The number of aliphatic hydroxyl groups is 1. The van der Waals surface area contributed by atoms with Crippen LogP contribution < -0.4 is 5.73 Å². The Labute approximate surface area is 314 Å². The number of unbranched alkanes of at least 4 members (excludes halogenated alkanes) is 7. The zero-order chi connectivity index (χ0) is 38.4. The van der Waals surface area contributed by atoms with Gasteiger partial charge in [-0.1, -0.05) is 131 Å². The second-order valence-electron chi connectivity index (χ2n) is 12.3. The molecule has 0 heterocycles. The van der Waals surface area contributed by atoms with Crippen molar-refractivity contribution in [2.75, 3.05) is 26.4 Å². The van der Waals surface area contributed by atoms with E-state index in [0.29, 0.717) is 19.3 Å². The summed E-state index contributed by atoms with van der Waals surface area (Å²) in [7, 11) is -4.41. The quantitative estimate of drug-likeness (QED) is 0.0191. The molecule has 11 heteroatoms. The molecule has 0 rings (SSSR count). The maximum atomic E-state index is 12.5. The minimum atomic E-state index is -4.41. The van der Waals surface area contributed by atoms with Gasteiger partial charge < -0.3 is 25.2 Å². The van der Waals surface area contributed by atoms with E-state index < -0.39 is 38.6 Å². The summed E-state index contributed by atoms with van der Waals surface area (Å²) < 4.78 is 32.5. The molecule has 3 atom stereocenters. The van der Waals surface area contributed by atoms with Gasteiger partial charge in [-0.3, -0.25) is 18.6 Å². The Hall–Kier alpha value is -2.85. The molecule has 0 aliphatic rings. The Morgan fingerprint density at radius 2 is 1.33 bits per heavy atom. The van der Waals surface area contributed by atoms with Gasteiger partial charge in [-0.25, -0.2) is 4.57 Å². The van der Waals surface area contributed by atoms with E-state index in [9.17, 15) is 24.2 Å². The highest BCUT2D eigenvalue weighted by Crippen LogP contribution is 2.43. The van der Waals surface area contributed by atoms with E-state index in [1.165, 1.54) is 12.8 Å². The standard InChI is InChI=1S/C41H68NO9P/c1-3-5-7-8-9-10-14-18-21-24-28-32-40(44)48-36-39(37-50-52(46,47)49-35-34-42)51-41(45)33-29-25-22-19-16-13-11-12-15-17-20-23-27-31-38(43)30-26-6-4-2/h6,8-9,12-13,15-16,20,22-23,25-27,31,38-39,43H,3-5,7,10-11,14,17-19,21,24,28-30,32-37,42H2,1-2H3,(H,46,47)/b9-8-,15-12-,16-13-,23-20+,25-22-,26-6-,31-27+/t38?,39-/m1/s1. The number of rotatable bonds is 34. The number of phosphoric acid groups is 1. The molecule has 52 heavy (non-hydrogen) atoms. The maximum absolute atomic E-state index is 12.5. The monoisotopic (exact) mass is 749 g/mol. The number of aliphatic hydroxyl groups excluding tert-OH is 1. The molecule has 0 radical (unpaired) electrons. The van der Waals surface area contributed by atoms with Gasteiger partial charge in [0.05, 0.1) is 19.3 Å². The van der Waals surface area contributed by atoms with Crippen molar-refractivity contribution >= 4 is 19.8 Å². The van der Waals surface area contributed by atoms with Crippen molar-refractivity contribution in [1.29, 1.82) is 0 Å². The van der Waals surface area contributed by atoms with Crippen LogP contribution in [-0.2, 0) is 32.7 Å². The van der Waals surface area contributed by atoms with Crippen LogP contribution in [0.15, 0.2) is 85.1 Å². The lowest BCUT2D eigenvalue weighted by Gasteiger charge is -2.19. The van der Waals surface area contributed by atoms with Crippen LogP contribution in [0.5, 0.6) is 0 Å². The summed E-state index contributed by atoms with van der Waals surface area (Å²) in [6.45, 7) is 3.33. The maximum Gasteiger partial charge on any atom is 0.472 e. The number of carbonyl (C=O) groups excluding carboxylic acids is 2. The number of nitrogens with two attached hydrogens (primary N) is 1. The third-order valence-electron chi connectivity index (χ3n) is 7.36. The molecule has 0 aromatic rings. The highest BCUT2D eigenvalue weighted by Gasteiger charge is 2.25. The van der Waals surface area contributed by atoms with Gasteiger partial charge in [-0.15, -0.1) is 0 Å². The first-order valence-corrected chi connectivity index (χ1v) is 20.7. The van der Waals surface area contributed by atoms with Crippen molar-refractivity contribution in [1.82, 2.24) is 0 Å². The fourth-order valence-electron chi connectivity index (χ4n) is 4.49. The number of esters is 2. The average Bonchev–Trinajstić information content (AvgIpc) is 3.12. The van der Waals surface area contributed by atoms with E-state index in [2.05, 4.69) is 44.2 Å². The number of carbonyl (C=O) groups is 2. The molecular weight excluding hydrogens is 681 g/mol. The third-order valence-corrected chi connectivity index (χ3v) is 8.34. The fourth-order valence-corrected chi connectivity index (χ4v) is 5.25. The number of hydrogen-bond donors (Lipinski definition) is 3. The Balaban J connectivity index is 4.43. The van der Waals surface area contributed by atoms with Crippen LogP contribution in [0.4, 0.5) is 0 Å². The number of phosphoric ester groups is 1. The highest BCUT2D eigenvalue weighted by molar-refractivity contribution is 7.47. The molecular formula is C41H68NO9P. The Bertz CT molecular complexity index is 1140. The Kier molecular flexibility index (Phi) is 34.5. The summed E-state index contributed by atoms with van der Waals surface area (Å²) in [6.07, 6.45) is 41.1. The van der Waals surface area contributed by atoms with Crippen molar-refractivity contribution < 1.29 is 42.7 Å². The molecule has 0 saturated heterocycles. The lowest BCUT2D eigenvalue weighted by atomic mass is 10.1. The minimum absolute atomic E-state index is 0.0298. The Morgan fingerprint density at radius 3 is 2.02 bits per heavy atom. The summed E-state index contributed by atoms with van der Waals surface area (Å²) in [5, 5.41) is 9.82. The largest absolute Gasteiger partial charge is 0.472 e. The zero-order valence-corrected chi connectivity index (χ0v) is 32.8. The molecule has 0 aliphatic heterocycles. The van der Waals surface area contributed by atoms with Crippen LogP contribution in [-0.4, -0.2) is 60.5 Å². The average molecular weight is 750 g/mol. The first kappa shape index (κ1) is 49.1.